The summed E-state index contributed by atoms with van der Waals surface area (Å²) in [4.78, 5) is 27.8. The molecule has 1 aromatic carbocycles. The van der Waals surface area contributed by atoms with Crippen LogP contribution in [0.15, 0.2) is 24.3 Å². The minimum atomic E-state index is -0.302. The number of likely N-dealkylation sites (N-methyl/N-ethyl adjacent to an activating group) is 1. The molecule has 2 amide bonds. The summed E-state index contributed by atoms with van der Waals surface area (Å²) >= 11 is 0. The molecule has 0 spiro atoms. The van der Waals surface area contributed by atoms with Gasteiger partial charge in [0.2, 0.25) is 11.8 Å². The normalized spacial score (nSPS) is 15.4. The topological polar surface area (TPSA) is 64.7 Å². The molecule has 8 heteroatoms. The highest BCUT2D eigenvalue weighted by atomic mass is 35.5. The van der Waals surface area contributed by atoms with Crippen LogP contribution >= 0.6 is 12.4 Å². The third-order valence-electron chi connectivity index (χ3n) is 4.04. The van der Waals surface area contributed by atoms with Crippen LogP contribution in [0.1, 0.15) is 18.5 Å². The monoisotopic (exact) mass is 372 g/mol. The van der Waals surface area contributed by atoms with E-state index >= 15 is 0 Å². The number of nitrogens with zero attached hydrogens (tertiary/aromatic N) is 2. The van der Waals surface area contributed by atoms with Crippen molar-refractivity contribution in [3.8, 4) is 0 Å². The van der Waals surface area contributed by atoms with Gasteiger partial charge >= 0.3 is 0 Å². The number of carbonyl (C=O) groups excluding carboxylic acids is 2. The number of benzene rings is 1. The molecule has 1 unspecified atom stereocenters. The molecule has 0 saturated carbocycles. The summed E-state index contributed by atoms with van der Waals surface area (Å²) in [7, 11) is 1.75. The summed E-state index contributed by atoms with van der Waals surface area (Å²) in [5.74, 6) is -0.427. The lowest BCUT2D eigenvalue weighted by Gasteiger charge is -2.29. The molecule has 0 aromatic heterocycles. The molecule has 1 atom stereocenters. The minimum Gasteiger partial charge on any atom is -0.348 e. The van der Waals surface area contributed by atoms with Crippen LogP contribution in [-0.4, -0.2) is 67.9 Å². The summed E-state index contributed by atoms with van der Waals surface area (Å²) in [5, 5.41) is 6.06. The summed E-state index contributed by atoms with van der Waals surface area (Å²) in [6.07, 6.45) is 0. The van der Waals surface area contributed by atoms with E-state index in [-0.39, 0.29) is 49.2 Å². The molecule has 1 saturated heterocycles. The Morgan fingerprint density at radius 1 is 1.24 bits per heavy atom. The van der Waals surface area contributed by atoms with Crippen LogP contribution in [0.3, 0.4) is 0 Å². The second kappa shape index (κ2) is 10.3. The number of carbonyl (C=O) groups is 2. The Balaban J connectivity index is 0.00000312. The molecular weight excluding hydrogens is 347 g/mol. The van der Waals surface area contributed by atoms with Crippen molar-refractivity contribution < 1.29 is 14.0 Å². The molecule has 0 bridgehead atoms. The van der Waals surface area contributed by atoms with Crippen molar-refractivity contribution in [2.75, 3.05) is 46.3 Å². The van der Waals surface area contributed by atoms with Crippen LogP contribution < -0.4 is 10.6 Å². The highest BCUT2D eigenvalue weighted by Crippen LogP contribution is 2.12. The number of nitrogens with one attached hydrogen (secondary N) is 2. The Morgan fingerprint density at radius 3 is 2.44 bits per heavy atom. The largest absolute Gasteiger partial charge is 0.348 e. The Hall–Kier alpha value is -1.70. The van der Waals surface area contributed by atoms with E-state index in [0.29, 0.717) is 13.1 Å². The quantitative estimate of drug-likeness (QED) is 0.775. The summed E-state index contributed by atoms with van der Waals surface area (Å²) < 4.78 is 12.9. The summed E-state index contributed by atoms with van der Waals surface area (Å²) in [6.45, 7) is 5.25. The average Bonchev–Trinajstić information content (AvgIpc) is 2.55. The van der Waals surface area contributed by atoms with Gasteiger partial charge in [0.1, 0.15) is 5.82 Å². The molecule has 140 valence electrons. The van der Waals surface area contributed by atoms with Gasteiger partial charge in [-0.25, -0.2) is 4.39 Å². The van der Waals surface area contributed by atoms with E-state index in [4.69, 9.17) is 0 Å². The van der Waals surface area contributed by atoms with Gasteiger partial charge < -0.3 is 15.5 Å². The first-order valence-corrected chi connectivity index (χ1v) is 8.17. The molecule has 6 nitrogen and oxygen atoms in total. The fourth-order valence-corrected chi connectivity index (χ4v) is 2.67. The molecule has 1 aliphatic heterocycles. The van der Waals surface area contributed by atoms with Crippen molar-refractivity contribution in [1.82, 2.24) is 20.4 Å². The molecule has 0 radical (unpaired) electrons. The van der Waals surface area contributed by atoms with Gasteiger partial charge in [0, 0.05) is 26.2 Å². The Bertz CT molecular complexity index is 564. The maximum Gasteiger partial charge on any atom is 0.236 e. The molecular formula is C17H26ClFN4O2. The van der Waals surface area contributed by atoms with Crippen molar-refractivity contribution in [1.29, 1.82) is 0 Å². The highest BCUT2D eigenvalue weighted by Gasteiger charge is 2.19. The van der Waals surface area contributed by atoms with Crippen molar-refractivity contribution in [2.45, 2.75) is 13.0 Å². The molecule has 0 aliphatic carbocycles. The van der Waals surface area contributed by atoms with Gasteiger partial charge in [0.15, 0.2) is 0 Å². The molecule has 1 heterocycles. The van der Waals surface area contributed by atoms with E-state index in [0.717, 1.165) is 18.7 Å². The molecule has 1 aliphatic rings. The Morgan fingerprint density at radius 2 is 1.84 bits per heavy atom. The van der Waals surface area contributed by atoms with E-state index in [9.17, 15) is 14.0 Å². The van der Waals surface area contributed by atoms with Crippen molar-refractivity contribution in [2.24, 2.45) is 0 Å². The fourth-order valence-electron chi connectivity index (χ4n) is 2.67. The van der Waals surface area contributed by atoms with Gasteiger partial charge in [-0.1, -0.05) is 12.1 Å². The van der Waals surface area contributed by atoms with Crippen molar-refractivity contribution in [3.05, 3.63) is 35.6 Å². The Kier molecular flexibility index (Phi) is 8.82. The number of amides is 2. The zero-order chi connectivity index (χ0) is 17.5. The minimum absolute atomic E-state index is 0. The number of hydrogen-bond acceptors (Lipinski definition) is 4. The first-order valence-electron chi connectivity index (χ1n) is 8.17. The standard InChI is InChI=1S/C17H25FN4O2.ClH/c1-13(14-3-5-15(18)6-4-14)20-16(23)11-21(2)12-17(24)22-9-7-19-8-10-22;/h3-6,13,19H,7-12H2,1-2H3,(H,20,23);1H. The third-order valence-corrected chi connectivity index (χ3v) is 4.04. The maximum absolute atomic E-state index is 12.9. The second-order valence-corrected chi connectivity index (χ2v) is 6.14. The molecule has 25 heavy (non-hydrogen) atoms. The van der Waals surface area contributed by atoms with Gasteiger partial charge in [-0.15, -0.1) is 12.4 Å². The first kappa shape index (κ1) is 21.3. The van der Waals surface area contributed by atoms with E-state index in [1.54, 1.807) is 24.1 Å². The van der Waals surface area contributed by atoms with Crippen LogP contribution in [0.4, 0.5) is 4.39 Å². The molecule has 2 N–H and O–H groups in total. The highest BCUT2D eigenvalue weighted by molar-refractivity contribution is 5.85. The number of rotatable bonds is 6. The smallest absolute Gasteiger partial charge is 0.236 e. The van der Waals surface area contributed by atoms with E-state index in [1.165, 1.54) is 12.1 Å². The lowest BCUT2D eigenvalue weighted by Crippen LogP contribution is -2.50. The summed E-state index contributed by atoms with van der Waals surface area (Å²) in [5.41, 5.74) is 0.837. The lowest BCUT2D eigenvalue weighted by atomic mass is 10.1. The third kappa shape index (κ3) is 6.97. The van der Waals surface area contributed by atoms with Crippen LogP contribution in [0.5, 0.6) is 0 Å². The zero-order valence-corrected chi connectivity index (χ0v) is 15.4. The van der Waals surface area contributed by atoms with Crippen LogP contribution in [0.25, 0.3) is 0 Å². The number of halogens is 2. The maximum atomic E-state index is 12.9. The van der Waals surface area contributed by atoms with E-state index in [2.05, 4.69) is 10.6 Å². The fraction of sp³-hybridized carbons (Fsp3) is 0.529. The summed E-state index contributed by atoms with van der Waals surface area (Å²) in [6, 6.07) is 5.83. The van der Waals surface area contributed by atoms with Gasteiger partial charge in [0.05, 0.1) is 19.1 Å². The predicted molar refractivity (Wildman–Crippen MR) is 97.2 cm³/mol. The molecule has 1 aromatic rings. The zero-order valence-electron chi connectivity index (χ0n) is 14.6. The van der Waals surface area contributed by atoms with Crippen molar-refractivity contribution in [3.63, 3.8) is 0 Å². The van der Waals surface area contributed by atoms with Crippen LogP contribution in [0, 0.1) is 5.82 Å². The van der Waals surface area contributed by atoms with Crippen LogP contribution in [0.2, 0.25) is 0 Å². The van der Waals surface area contributed by atoms with Crippen LogP contribution in [-0.2, 0) is 9.59 Å². The first-order chi connectivity index (χ1) is 11.5. The number of hydrogen-bond donors (Lipinski definition) is 2. The van der Waals surface area contributed by atoms with Crippen molar-refractivity contribution >= 4 is 24.2 Å². The SMILES string of the molecule is CC(NC(=O)CN(C)CC(=O)N1CCNCC1)c1ccc(F)cc1.Cl. The van der Waals surface area contributed by atoms with E-state index in [1.807, 2.05) is 11.8 Å². The Labute approximate surface area is 154 Å². The average molecular weight is 373 g/mol. The number of piperazine rings is 1. The lowest BCUT2D eigenvalue weighted by molar-refractivity contribution is -0.133. The second-order valence-electron chi connectivity index (χ2n) is 6.14. The predicted octanol–water partition coefficient (Wildman–Crippen LogP) is 0.788. The molecule has 2 rings (SSSR count). The van der Waals surface area contributed by atoms with Gasteiger partial charge in [-0.2, -0.15) is 0 Å². The van der Waals surface area contributed by atoms with Gasteiger partial charge in [-0.3, -0.25) is 14.5 Å². The molecule has 1 fully saturated rings. The van der Waals surface area contributed by atoms with E-state index < -0.39 is 0 Å². The van der Waals surface area contributed by atoms with Gasteiger partial charge in [-0.05, 0) is 31.7 Å². The van der Waals surface area contributed by atoms with Gasteiger partial charge in [0.25, 0.3) is 0 Å².